The molecule has 0 unspecified atom stereocenters. The Morgan fingerprint density at radius 2 is 2.05 bits per heavy atom. The van der Waals surface area contributed by atoms with Crippen LogP contribution in [0.25, 0.3) is 0 Å². The maximum atomic E-state index is 13.9. The molecular formula is C13H15F2NO5S. The fraction of sp³-hybridized carbons (Fsp3) is 0.462. The molecule has 1 aliphatic rings. The highest BCUT2D eigenvalue weighted by molar-refractivity contribution is 7.89. The maximum absolute atomic E-state index is 13.9. The van der Waals surface area contributed by atoms with Crippen molar-refractivity contribution in [1.82, 2.24) is 4.72 Å². The van der Waals surface area contributed by atoms with Crippen molar-refractivity contribution in [3.63, 3.8) is 0 Å². The van der Waals surface area contributed by atoms with Gasteiger partial charge < -0.3 is 9.84 Å². The zero-order chi connectivity index (χ0) is 16.5. The average molecular weight is 335 g/mol. The Balaban J connectivity index is 2.37. The van der Waals surface area contributed by atoms with Gasteiger partial charge in [-0.2, -0.15) is 0 Å². The molecule has 0 radical (unpaired) electrons. The van der Waals surface area contributed by atoms with E-state index < -0.39 is 50.2 Å². The van der Waals surface area contributed by atoms with Crippen LogP contribution in [0.3, 0.4) is 0 Å². The standard InChI is InChI=1S/C13H15F2NO5S/c1-21-11-6-7(14)5-9(15)12(11)22(19,20)16-10-4-2-3-8(10)13(17)18/h5-6,8,10,16H,2-4H2,1H3,(H,17,18)/t8-,10+/m1/s1. The Labute approximate surface area is 126 Å². The van der Waals surface area contributed by atoms with Crippen molar-refractivity contribution in [2.24, 2.45) is 5.92 Å². The highest BCUT2D eigenvalue weighted by Crippen LogP contribution is 2.31. The van der Waals surface area contributed by atoms with Crippen LogP contribution in [0.2, 0.25) is 0 Å². The number of ether oxygens (including phenoxy) is 1. The van der Waals surface area contributed by atoms with E-state index in [-0.39, 0.29) is 0 Å². The van der Waals surface area contributed by atoms with Crippen LogP contribution in [0.15, 0.2) is 17.0 Å². The fourth-order valence-electron chi connectivity index (χ4n) is 2.60. The van der Waals surface area contributed by atoms with Crippen LogP contribution >= 0.6 is 0 Å². The van der Waals surface area contributed by atoms with Crippen LogP contribution in [0.4, 0.5) is 8.78 Å². The van der Waals surface area contributed by atoms with E-state index in [1.807, 2.05) is 0 Å². The molecule has 1 aliphatic carbocycles. The van der Waals surface area contributed by atoms with Crippen molar-refractivity contribution < 1.29 is 31.8 Å². The van der Waals surface area contributed by atoms with Crippen molar-refractivity contribution in [2.75, 3.05) is 7.11 Å². The number of carboxylic acids is 1. The first-order valence-electron chi connectivity index (χ1n) is 6.54. The Bertz CT molecular complexity index is 692. The molecule has 1 saturated carbocycles. The third-order valence-corrected chi connectivity index (χ3v) is 5.15. The summed E-state index contributed by atoms with van der Waals surface area (Å²) in [5.41, 5.74) is 0. The molecule has 1 fully saturated rings. The molecule has 0 saturated heterocycles. The molecule has 2 N–H and O–H groups in total. The lowest BCUT2D eigenvalue weighted by molar-refractivity contribution is -0.141. The van der Waals surface area contributed by atoms with Crippen molar-refractivity contribution in [2.45, 2.75) is 30.2 Å². The smallest absolute Gasteiger partial charge is 0.308 e. The summed E-state index contributed by atoms with van der Waals surface area (Å²) in [6, 6.07) is 0.345. The number of benzene rings is 1. The van der Waals surface area contributed by atoms with Crippen molar-refractivity contribution in [1.29, 1.82) is 0 Å². The van der Waals surface area contributed by atoms with E-state index in [9.17, 15) is 22.0 Å². The lowest BCUT2D eigenvalue weighted by Gasteiger charge is -2.19. The molecule has 22 heavy (non-hydrogen) atoms. The second-order valence-corrected chi connectivity index (χ2v) is 6.67. The highest BCUT2D eigenvalue weighted by Gasteiger charge is 2.37. The maximum Gasteiger partial charge on any atom is 0.308 e. The number of aliphatic carboxylic acids is 1. The van der Waals surface area contributed by atoms with Gasteiger partial charge in [-0.1, -0.05) is 6.42 Å². The number of halogens is 2. The molecule has 6 nitrogen and oxygen atoms in total. The molecule has 0 aliphatic heterocycles. The Morgan fingerprint density at radius 1 is 1.36 bits per heavy atom. The van der Waals surface area contributed by atoms with Crippen molar-refractivity contribution >= 4 is 16.0 Å². The van der Waals surface area contributed by atoms with Gasteiger partial charge in [0.25, 0.3) is 0 Å². The van der Waals surface area contributed by atoms with E-state index in [0.29, 0.717) is 25.3 Å². The molecule has 0 spiro atoms. The van der Waals surface area contributed by atoms with Gasteiger partial charge >= 0.3 is 5.97 Å². The van der Waals surface area contributed by atoms with E-state index in [1.165, 1.54) is 0 Å². The first-order chi connectivity index (χ1) is 10.3. The minimum Gasteiger partial charge on any atom is -0.495 e. The van der Waals surface area contributed by atoms with Crippen LogP contribution in [-0.4, -0.2) is 32.6 Å². The molecule has 1 aromatic rings. The average Bonchev–Trinajstić information content (AvgIpc) is 2.84. The quantitative estimate of drug-likeness (QED) is 0.851. The zero-order valence-corrected chi connectivity index (χ0v) is 12.5. The molecule has 9 heteroatoms. The van der Waals surface area contributed by atoms with Crippen molar-refractivity contribution in [3.05, 3.63) is 23.8 Å². The first-order valence-corrected chi connectivity index (χ1v) is 8.02. The summed E-state index contributed by atoms with van der Waals surface area (Å²) in [6.45, 7) is 0. The van der Waals surface area contributed by atoms with Crippen LogP contribution in [-0.2, 0) is 14.8 Å². The van der Waals surface area contributed by atoms with Gasteiger partial charge in [0.15, 0.2) is 4.90 Å². The third-order valence-electron chi connectivity index (χ3n) is 3.60. The number of hydrogen-bond donors (Lipinski definition) is 2. The largest absolute Gasteiger partial charge is 0.495 e. The highest BCUT2D eigenvalue weighted by atomic mass is 32.2. The molecule has 0 aromatic heterocycles. The summed E-state index contributed by atoms with van der Waals surface area (Å²) in [4.78, 5) is 10.3. The summed E-state index contributed by atoms with van der Waals surface area (Å²) in [5, 5.41) is 9.06. The molecule has 0 amide bonds. The van der Waals surface area contributed by atoms with Gasteiger partial charge in [-0.3, -0.25) is 4.79 Å². The zero-order valence-electron chi connectivity index (χ0n) is 11.7. The van der Waals surface area contributed by atoms with Gasteiger partial charge in [-0.25, -0.2) is 21.9 Å². The minimum atomic E-state index is -4.38. The topological polar surface area (TPSA) is 92.7 Å². The summed E-state index contributed by atoms with van der Waals surface area (Å²) in [7, 11) is -3.29. The summed E-state index contributed by atoms with van der Waals surface area (Å²) in [6.07, 6.45) is 1.22. The summed E-state index contributed by atoms with van der Waals surface area (Å²) < 4.78 is 58.6. The van der Waals surface area contributed by atoms with Gasteiger partial charge in [0.05, 0.1) is 13.0 Å². The Hall–Kier alpha value is -1.74. The van der Waals surface area contributed by atoms with E-state index in [1.54, 1.807) is 0 Å². The Morgan fingerprint density at radius 3 is 2.64 bits per heavy atom. The predicted octanol–water partition coefficient (Wildman–Crippen LogP) is 1.51. The van der Waals surface area contributed by atoms with Gasteiger partial charge in [0.1, 0.15) is 17.4 Å². The molecule has 2 rings (SSSR count). The van der Waals surface area contributed by atoms with Crippen molar-refractivity contribution in [3.8, 4) is 5.75 Å². The molecule has 0 bridgehead atoms. The van der Waals surface area contributed by atoms with E-state index in [0.717, 1.165) is 13.2 Å². The van der Waals surface area contributed by atoms with Crippen LogP contribution in [0, 0.1) is 17.6 Å². The fourth-order valence-corrected chi connectivity index (χ4v) is 4.13. The predicted molar refractivity (Wildman–Crippen MR) is 72.0 cm³/mol. The minimum absolute atomic E-state index is 0.335. The van der Waals surface area contributed by atoms with Crippen LogP contribution < -0.4 is 9.46 Å². The molecule has 2 atom stereocenters. The first kappa shape index (κ1) is 16.6. The number of nitrogens with one attached hydrogen (secondary N) is 1. The third kappa shape index (κ3) is 3.20. The second kappa shape index (κ2) is 6.17. The molecule has 122 valence electrons. The number of rotatable bonds is 5. The lowest BCUT2D eigenvalue weighted by atomic mass is 10.1. The summed E-state index contributed by atoms with van der Waals surface area (Å²) in [5.74, 6) is -4.73. The number of carboxylic acid groups (broad SMARTS) is 1. The van der Waals surface area contributed by atoms with Gasteiger partial charge in [0.2, 0.25) is 10.0 Å². The number of methoxy groups -OCH3 is 1. The van der Waals surface area contributed by atoms with E-state index in [2.05, 4.69) is 4.72 Å². The molecule has 0 heterocycles. The molecular weight excluding hydrogens is 320 g/mol. The second-order valence-electron chi connectivity index (χ2n) is 5.02. The Kier molecular flexibility index (Phi) is 4.66. The number of hydrogen-bond acceptors (Lipinski definition) is 4. The SMILES string of the molecule is COc1cc(F)cc(F)c1S(=O)(=O)N[C@H]1CCC[C@H]1C(=O)O. The number of sulfonamides is 1. The van der Waals surface area contributed by atoms with Gasteiger partial charge in [-0.05, 0) is 12.8 Å². The van der Waals surface area contributed by atoms with E-state index >= 15 is 0 Å². The monoisotopic (exact) mass is 335 g/mol. The normalized spacial score (nSPS) is 21.8. The number of carbonyl (C=O) groups is 1. The van der Waals surface area contributed by atoms with Gasteiger partial charge in [-0.15, -0.1) is 0 Å². The lowest BCUT2D eigenvalue weighted by Crippen LogP contribution is -2.40. The summed E-state index contributed by atoms with van der Waals surface area (Å²) >= 11 is 0. The molecule has 1 aromatic carbocycles. The van der Waals surface area contributed by atoms with E-state index in [4.69, 9.17) is 9.84 Å². The van der Waals surface area contributed by atoms with Crippen LogP contribution in [0.5, 0.6) is 5.75 Å². The van der Waals surface area contributed by atoms with Crippen LogP contribution in [0.1, 0.15) is 19.3 Å². The van der Waals surface area contributed by atoms with Gasteiger partial charge in [0, 0.05) is 18.2 Å².